The van der Waals surface area contributed by atoms with Crippen LogP contribution in [0.5, 0.6) is 0 Å². The minimum Gasteiger partial charge on any atom is -0.480 e. The summed E-state index contributed by atoms with van der Waals surface area (Å²) in [6.07, 6.45) is -4.52. The van der Waals surface area contributed by atoms with Crippen LogP contribution in [-0.4, -0.2) is 40.6 Å². The predicted molar refractivity (Wildman–Crippen MR) is 52.1 cm³/mol. The molecule has 0 bridgehead atoms. The van der Waals surface area contributed by atoms with E-state index in [2.05, 4.69) is 0 Å². The minimum atomic E-state index is -5.02. The summed E-state index contributed by atoms with van der Waals surface area (Å²) < 4.78 is 37.0. The summed E-state index contributed by atoms with van der Waals surface area (Å²) in [7, 11) is 0. The Bertz CT molecular complexity index is 329. The molecule has 0 aliphatic carbocycles. The van der Waals surface area contributed by atoms with Crippen LogP contribution in [0, 0.1) is 11.8 Å². The number of amides is 1. The highest BCUT2D eigenvalue weighted by molar-refractivity contribution is 5.87. The summed E-state index contributed by atoms with van der Waals surface area (Å²) in [5.41, 5.74) is 0. The third kappa shape index (κ3) is 2.89. The lowest BCUT2D eigenvalue weighted by atomic mass is 9.85. The van der Waals surface area contributed by atoms with Crippen molar-refractivity contribution in [2.45, 2.75) is 32.5 Å². The van der Waals surface area contributed by atoms with E-state index in [0.29, 0.717) is 11.3 Å². The van der Waals surface area contributed by atoms with Crippen LogP contribution in [0.2, 0.25) is 0 Å². The fourth-order valence-corrected chi connectivity index (χ4v) is 2.34. The van der Waals surface area contributed by atoms with Gasteiger partial charge in [0.25, 0.3) is 0 Å². The van der Waals surface area contributed by atoms with Gasteiger partial charge in [0.1, 0.15) is 6.04 Å². The number of piperidine rings is 1. The van der Waals surface area contributed by atoms with Crippen molar-refractivity contribution in [3.63, 3.8) is 0 Å². The molecule has 3 unspecified atom stereocenters. The lowest BCUT2D eigenvalue weighted by Crippen LogP contribution is -2.57. The van der Waals surface area contributed by atoms with Crippen molar-refractivity contribution in [1.29, 1.82) is 0 Å². The minimum absolute atomic E-state index is 0.133. The molecule has 7 heteroatoms. The smallest absolute Gasteiger partial charge is 0.471 e. The molecule has 0 spiro atoms. The number of aliphatic carboxylic acids is 1. The second-order valence-electron chi connectivity index (χ2n) is 4.56. The number of likely N-dealkylation sites (tertiary alicyclic amines) is 1. The van der Waals surface area contributed by atoms with Crippen LogP contribution in [0.15, 0.2) is 0 Å². The third-order valence-corrected chi connectivity index (χ3v) is 2.91. The monoisotopic (exact) mass is 253 g/mol. The second kappa shape index (κ2) is 4.54. The first-order valence-corrected chi connectivity index (χ1v) is 5.25. The molecule has 0 aromatic heterocycles. The number of alkyl halides is 3. The normalized spacial score (nSPS) is 30.2. The van der Waals surface area contributed by atoms with Gasteiger partial charge in [0, 0.05) is 6.54 Å². The number of hydrogen-bond acceptors (Lipinski definition) is 2. The van der Waals surface area contributed by atoms with Gasteiger partial charge in [-0.05, 0) is 18.3 Å². The summed E-state index contributed by atoms with van der Waals surface area (Å²) in [6, 6.07) is -1.39. The average Bonchev–Trinajstić information content (AvgIpc) is 2.12. The van der Waals surface area contributed by atoms with Crippen molar-refractivity contribution >= 4 is 11.9 Å². The van der Waals surface area contributed by atoms with Crippen molar-refractivity contribution in [3.8, 4) is 0 Å². The van der Waals surface area contributed by atoms with E-state index in [1.807, 2.05) is 0 Å². The van der Waals surface area contributed by atoms with Crippen molar-refractivity contribution in [1.82, 2.24) is 4.90 Å². The molecule has 0 saturated carbocycles. The number of rotatable bonds is 1. The van der Waals surface area contributed by atoms with E-state index in [9.17, 15) is 22.8 Å². The topological polar surface area (TPSA) is 57.6 Å². The van der Waals surface area contributed by atoms with Crippen LogP contribution in [0.25, 0.3) is 0 Å². The lowest BCUT2D eigenvalue weighted by Gasteiger charge is -2.40. The van der Waals surface area contributed by atoms with E-state index < -0.39 is 30.0 Å². The molecule has 98 valence electrons. The Kier molecular flexibility index (Phi) is 3.68. The van der Waals surface area contributed by atoms with E-state index in [4.69, 9.17) is 5.11 Å². The Balaban J connectivity index is 2.99. The summed E-state index contributed by atoms with van der Waals surface area (Å²) in [5.74, 6) is -4.07. The molecule has 4 nitrogen and oxygen atoms in total. The molecule has 1 rings (SSSR count). The van der Waals surface area contributed by atoms with Crippen molar-refractivity contribution in [2.24, 2.45) is 11.8 Å². The molecule has 1 saturated heterocycles. The first-order chi connectivity index (χ1) is 7.64. The number of nitrogens with zero attached hydrogens (tertiary/aromatic N) is 1. The molecule has 3 atom stereocenters. The number of halogens is 3. The standard InChI is InChI=1S/C10H14F3NO3/c1-5-3-6(2)7(8(15)16)14(4-5)9(17)10(11,12)13/h5-7H,3-4H2,1-2H3,(H,15,16). The number of carboxylic acid groups (broad SMARTS) is 1. The Hall–Kier alpha value is -1.27. The van der Waals surface area contributed by atoms with Crippen LogP contribution < -0.4 is 0 Å². The molecule has 17 heavy (non-hydrogen) atoms. The van der Waals surface area contributed by atoms with E-state index in [1.165, 1.54) is 0 Å². The van der Waals surface area contributed by atoms with E-state index in [1.54, 1.807) is 13.8 Å². The lowest BCUT2D eigenvalue weighted by molar-refractivity contribution is -0.194. The highest BCUT2D eigenvalue weighted by Gasteiger charge is 2.49. The Morgan fingerprint density at radius 1 is 1.29 bits per heavy atom. The van der Waals surface area contributed by atoms with E-state index >= 15 is 0 Å². The van der Waals surface area contributed by atoms with Gasteiger partial charge in [0.2, 0.25) is 0 Å². The molecular weight excluding hydrogens is 239 g/mol. The van der Waals surface area contributed by atoms with Gasteiger partial charge in [-0.15, -0.1) is 0 Å². The SMILES string of the molecule is CC1CC(C)C(C(=O)O)N(C(=O)C(F)(F)F)C1. The van der Waals surface area contributed by atoms with Gasteiger partial charge in [-0.3, -0.25) is 4.79 Å². The first kappa shape index (κ1) is 13.8. The summed E-state index contributed by atoms with van der Waals surface area (Å²) >= 11 is 0. The summed E-state index contributed by atoms with van der Waals surface area (Å²) in [5, 5.41) is 8.92. The van der Waals surface area contributed by atoms with Gasteiger partial charge < -0.3 is 10.0 Å². The van der Waals surface area contributed by atoms with Crippen LogP contribution in [-0.2, 0) is 9.59 Å². The Morgan fingerprint density at radius 3 is 2.24 bits per heavy atom. The van der Waals surface area contributed by atoms with Gasteiger partial charge in [0.05, 0.1) is 0 Å². The van der Waals surface area contributed by atoms with E-state index in [-0.39, 0.29) is 12.5 Å². The largest absolute Gasteiger partial charge is 0.480 e. The van der Waals surface area contributed by atoms with Gasteiger partial charge in [-0.1, -0.05) is 13.8 Å². The fraction of sp³-hybridized carbons (Fsp3) is 0.800. The quantitative estimate of drug-likeness (QED) is 0.770. The van der Waals surface area contributed by atoms with Crippen molar-refractivity contribution in [2.75, 3.05) is 6.54 Å². The zero-order valence-corrected chi connectivity index (χ0v) is 9.49. The number of carbonyl (C=O) groups excluding carboxylic acids is 1. The van der Waals surface area contributed by atoms with Crippen molar-refractivity contribution in [3.05, 3.63) is 0 Å². The molecule has 1 fully saturated rings. The molecule has 0 aromatic rings. The maximum atomic E-state index is 12.3. The molecule has 1 amide bonds. The maximum absolute atomic E-state index is 12.3. The molecule has 0 aromatic carbocycles. The van der Waals surface area contributed by atoms with Gasteiger partial charge in [-0.2, -0.15) is 13.2 Å². The van der Waals surface area contributed by atoms with Crippen LogP contribution in [0.3, 0.4) is 0 Å². The maximum Gasteiger partial charge on any atom is 0.471 e. The molecule has 0 radical (unpaired) electrons. The zero-order chi connectivity index (χ0) is 13.4. The van der Waals surface area contributed by atoms with Gasteiger partial charge >= 0.3 is 18.1 Å². The second-order valence-corrected chi connectivity index (χ2v) is 4.56. The Morgan fingerprint density at radius 2 is 1.82 bits per heavy atom. The first-order valence-electron chi connectivity index (χ1n) is 5.25. The highest BCUT2D eigenvalue weighted by Crippen LogP contribution is 2.31. The predicted octanol–water partition coefficient (Wildman–Crippen LogP) is 1.51. The zero-order valence-electron chi connectivity index (χ0n) is 9.49. The van der Waals surface area contributed by atoms with Gasteiger partial charge in [0.15, 0.2) is 0 Å². The van der Waals surface area contributed by atoms with Crippen molar-refractivity contribution < 1.29 is 27.9 Å². The fourth-order valence-electron chi connectivity index (χ4n) is 2.34. The molecular formula is C10H14F3NO3. The van der Waals surface area contributed by atoms with Crippen LogP contribution in [0.1, 0.15) is 20.3 Å². The van der Waals surface area contributed by atoms with Gasteiger partial charge in [-0.25, -0.2) is 4.79 Å². The molecule has 1 aliphatic rings. The van der Waals surface area contributed by atoms with Crippen LogP contribution >= 0.6 is 0 Å². The summed E-state index contributed by atoms with van der Waals surface area (Å²) in [6.45, 7) is 3.08. The number of hydrogen-bond donors (Lipinski definition) is 1. The molecule has 1 heterocycles. The third-order valence-electron chi connectivity index (χ3n) is 2.91. The Labute approximate surface area is 96.4 Å². The van der Waals surface area contributed by atoms with E-state index in [0.717, 1.165) is 0 Å². The number of carboxylic acids is 1. The molecule has 1 aliphatic heterocycles. The molecule has 1 N–H and O–H groups in total. The summed E-state index contributed by atoms with van der Waals surface area (Å²) in [4.78, 5) is 22.5. The highest BCUT2D eigenvalue weighted by atomic mass is 19.4. The number of carbonyl (C=O) groups is 2. The average molecular weight is 253 g/mol. The van der Waals surface area contributed by atoms with Crippen LogP contribution in [0.4, 0.5) is 13.2 Å².